The predicted octanol–water partition coefficient (Wildman–Crippen LogP) is 2.56. The molecular weight excluding hydrogens is 358 g/mol. The lowest BCUT2D eigenvalue weighted by Crippen LogP contribution is -2.48. The number of thiocarbonyl (C=S) groups is 1. The summed E-state index contributed by atoms with van der Waals surface area (Å²) < 4.78 is 0. The standard InChI is InChI=1S/C17H13N3O3S2/c21-13-9-11-5-2-1-4-10(11)8-12(13)15(22)19-20-17(24)18-16(23)14-6-3-7-25-14/h1-9,21H,(H,19,22)(H2,18,20,23,24). The second kappa shape index (κ2) is 7.29. The maximum absolute atomic E-state index is 12.2. The van der Waals surface area contributed by atoms with Gasteiger partial charge in [-0.05, 0) is 46.6 Å². The van der Waals surface area contributed by atoms with Crippen LogP contribution in [-0.2, 0) is 0 Å². The summed E-state index contributed by atoms with van der Waals surface area (Å²) in [5, 5.41) is 15.8. The Balaban J connectivity index is 1.63. The summed E-state index contributed by atoms with van der Waals surface area (Å²) in [6.45, 7) is 0. The average molecular weight is 371 g/mol. The number of amides is 2. The number of nitrogens with one attached hydrogen (secondary N) is 3. The molecule has 0 saturated heterocycles. The van der Waals surface area contributed by atoms with E-state index in [1.54, 1.807) is 23.6 Å². The van der Waals surface area contributed by atoms with Crippen molar-refractivity contribution in [1.82, 2.24) is 16.2 Å². The second-order valence-corrected chi connectivity index (χ2v) is 6.41. The number of rotatable bonds is 2. The fourth-order valence-corrected chi connectivity index (χ4v) is 2.96. The lowest BCUT2D eigenvalue weighted by molar-refractivity contribution is 0.0933. The van der Waals surface area contributed by atoms with Gasteiger partial charge in [0, 0.05) is 0 Å². The minimum atomic E-state index is -0.573. The van der Waals surface area contributed by atoms with Gasteiger partial charge in [0.05, 0.1) is 10.4 Å². The summed E-state index contributed by atoms with van der Waals surface area (Å²) in [6, 6.07) is 13.9. The molecule has 0 fully saturated rings. The van der Waals surface area contributed by atoms with Crippen molar-refractivity contribution < 1.29 is 14.7 Å². The Bertz CT molecular complexity index is 955. The molecule has 0 unspecified atom stereocenters. The van der Waals surface area contributed by atoms with Crippen molar-refractivity contribution in [1.29, 1.82) is 0 Å². The van der Waals surface area contributed by atoms with Crippen molar-refractivity contribution in [3.63, 3.8) is 0 Å². The molecule has 25 heavy (non-hydrogen) atoms. The molecule has 6 nitrogen and oxygen atoms in total. The van der Waals surface area contributed by atoms with Crippen LogP contribution in [0.15, 0.2) is 53.9 Å². The van der Waals surface area contributed by atoms with Gasteiger partial charge in [0.1, 0.15) is 5.75 Å². The van der Waals surface area contributed by atoms with E-state index in [0.29, 0.717) is 4.88 Å². The molecule has 0 aliphatic rings. The highest BCUT2D eigenvalue weighted by atomic mass is 32.1. The molecule has 0 radical (unpaired) electrons. The van der Waals surface area contributed by atoms with E-state index in [0.717, 1.165) is 10.8 Å². The first-order chi connectivity index (χ1) is 12.0. The van der Waals surface area contributed by atoms with Crippen LogP contribution in [0.1, 0.15) is 20.0 Å². The van der Waals surface area contributed by atoms with Gasteiger partial charge in [-0.15, -0.1) is 11.3 Å². The molecule has 8 heteroatoms. The number of benzene rings is 2. The maximum atomic E-state index is 12.2. The van der Waals surface area contributed by atoms with Crippen molar-refractivity contribution in [2.24, 2.45) is 0 Å². The molecule has 2 amide bonds. The molecule has 3 rings (SSSR count). The molecule has 126 valence electrons. The van der Waals surface area contributed by atoms with Gasteiger partial charge in [-0.25, -0.2) is 0 Å². The second-order valence-electron chi connectivity index (χ2n) is 5.06. The van der Waals surface area contributed by atoms with E-state index < -0.39 is 5.91 Å². The number of thiophene rings is 1. The van der Waals surface area contributed by atoms with Crippen LogP contribution in [0, 0.1) is 0 Å². The summed E-state index contributed by atoms with van der Waals surface area (Å²) in [4.78, 5) is 24.6. The monoisotopic (exact) mass is 371 g/mol. The van der Waals surface area contributed by atoms with Crippen LogP contribution in [0.4, 0.5) is 0 Å². The van der Waals surface area contributed by atoms with Crippen molar-refractivity contribution >= 4 is 51.3 Å². The molecule has 0 saturated carbocycles. The van der Waals surface area contributed by atoms with E-state index in [9.17, 15) is 14.7 Å². The van der Waals surface area contributed by atoms with Crippen LogP contribution in [-0.4, -0.2) is 22.0 Å². The number of phenolic OH excluding ortho intramolecular Hbond substituents is 1. The highest BCUT2D eigenvalue weighted by Gasteiger charge is 2.14. The molecule has 2 aromatic carbocycles. The van der Waals surface area contributed by atoms with Crippen LogP contribution in [0.3, 0.4) is 0 Å². The minimum absolute atomic E-state index is 0.0490. The van der Waals surface area contributed by atoms with Gasteiger partial charge in [0.25, 0.3) is 11.8 Å². The Morgan fingerprint density at radius 1 is 0.960 bits per heavy atom. The Kier molecular flexibility index (Phi) is 4.92. The number of hydrogen-bond donors (Lipinski definition) is 4. The van der Waals surface area contributed by atoms with E-state index >= 15 is 0 Å². The summed E-state index contributed by atoms with van der Waals surface area (Å²) in [5.74, 6) is -1.09. The van der Waals surface area contributed by atoms with Crippen molar-refractivity contribution in [2.75, 3.05) is 0 Å². The van der Waals surface area contributed by atoms with Gasteiger partial charge in [-0.3, -0.25) is 25.8 Å². The number of phenols is 1. The molecule has 0 aliphatic heterocycles. The Hall–Kier alpha value is -2.97. The first-order valence-electron chi connectivity index (χ1n) is 7.21. The highest BCUT2D eigenvalue weighted by Crippen LogP contribution is 2.24. The van der Waals surface area contributed by atoms with E-state index in [1.165, 1.54) is 17.4 Å². The van der Waals surface area contributed by atoms with Crippen LogP contribution in [0.25, 0.3) is 10.8 Å². The normalized spacial score (nSPS) is 10.2. The SMILES string of the molecule is O=C(NC(=S)NNC(=O)c1cc2ccccc2cc1O)c1cccs1. The van der Waals surface area contributed by atoms with Crippen molar-refractivity contribution in [3.8, 4) is 5.75 Å². The quantitative estimate of drug-likeness (QED) is 0.411. The molecule has 0 aliphatic carbocycles. The number of aromatic hydroxyl groups is 1. The zero-order valence-electron chi connectivity index (χ0n) is 12.8. The number of carbonyl (C=O) groups is 2. The summed E-state index contributed by atoms with van der Waals surface area (Å²) >= 11 is 6.24. The molecule has 0 bridgehead atoms. The van der Waals surface area contributed by atoms with Gasteiger partial charge >= 0.3 is 0 Å². The number of hydrogen-bond acceptors (Lipinski definition) is 5. The zero-order chi connectivity index (χ0) is 17.8. The van der Waals surface area contributed by atoms with Gasteiger partial charge in [0.2, 0.25) is 0 Å². The largest absolute Gasteiger partial charge is 0.507 e. The molecule has 1 aromatic heterocycles. The third kappa shape index (κ3) is 3.93. The van der Waals surface area contributed by atoms with Gasteiger partial charge in [0.15, 0.2) is 5.11 Å². The molecule has 0 spiro atoms. The molecule has 4 N–H and O–H groups in total. The van der Waals surface area contributed by atoms with Crippen molar-refractivity contribution in [2.45, 2.75) is 0 Å². The molecule has 1 heterocycles. The summed E-state index contributed by atoms with van der Waals surface area (Å²) in [5.41, 5.74) is 4.89. The van der Waals surface area contributed by atoms with Gasteiger partial charge < -0.3 is 5.11 Å². The third-order valence-corrected chi connectivity index (χ3v) is 4.44. The van der Waals surface area contributed by atoms with Crippen molar-refractivity contribution in [3.05, 3.63) is 64.4 Å². The first-order valence-corrected chi connectivity index (χ1v) is 8.50. The smallest absolute Gasteiger partial charge is 0.273 e. The number of hydrazine groups is 1. The topological polar surface area (TPSA) is 90.5 Å². The summed E-state index contributed by atoms with van der Waals surface area (Å²) in [7, 11) is 0. The fraction of sp³-hybridized carbons (Fsp3) is 0. The molecule has 0 atom stereocenters. The fourth-order valence-electron chi connectivity index (χ4n) is 2.19. The first kappa shape index (κ1) is 16.9. The Morgan fingerprint density at radius 2 is 1.68 bits per heavy atom. The maximum Gasteiger partial charge on any atom is 0.273 e. The van der Waals surface area contributed by atoms with E-state index in [2.05, 4.69) is 16.2 Å². The highest BCUT2D eigenvalue weighted by molar-refractivity contribution is 7.80. The Labute approximate surface area is 152 Å². The van der Waals surface area contributed by atoms with E-state index in [-0.39, 0.29) is 22.3 Å². The lowest BCUT2D eigenvalue weighted by Gasteiger charge is -2.11. The number of carbonyl (C=O) groups excluding carboxylic acids is 2. The lowest BCUT2D eigenvalue weighted by atomic mass is 10.1. The zero-order valence-corrected chi connectivity index (χ0v) is 14.4. The van der Waals surface area contributed by atoms with Gasteiger partial charge in [-0.1, -0.05) is 30.3 Å². The average Bonchev–Trinajstić information content (AvgIpc) is 3.14. The van der Waals surface area contributed by atoms with E-state index in [1.807, 2.05) is 24.3 Å². The van der Waals surface area contributed by atoms with Crippen LogP contribution < -0.4 is 16.2 Å². The predicted molar refractivity (Wildman–Crippen MR) is 101 cm³/mol. The van der Waals surface area contributed by atoms with Gasteiger partial charge in [-0.2, -0.15) is 0 Å². The number of fused-ring (bicyclic) bond motifs is 1. The Morgan fingerprint density at radius 3 is 2.36 bits per heavy atom. The van der Waals surface area contributed by atoms with E-state index in [4.69, 9.17) is 12.2 Å². The van der Waals surface area contributed by atoms with Crippen LogP contribution in [0.5, 0.6) is 5.75 Å². The molecular formula is C17H13N3O3S2. The summed E-state index contributed by atoms with van der Waals surface area (Å²) in [6.07, 6.45) is 0. The third-order valence-electron chi connectivity index (χ3n) is 3.37. The minimum Gasteiger partial charge on any atom is -0.507 e. The molecule has 3 aromatic rings. The van der Waals surface area contributed by atoms with Crippen LogP contribution >= 0.6 is 23.6 Å². The van der Waals surface area contributed by atoms with Crippen LogP contribution in [0.2, 0.25) is 0 Å².